The minimum atomic E-state index is -0.775. The first kappa shape index (κ1) is 8.93. The van der Waals surface area contributed by atoms with E-state index in [2.05, 4.69) is 5.32 Å². The van der Waals surface area contributed by atoms with Crippen LogP contribution in [0, 0.1) is 15.9 Å². The third kappa shape index (κ3) is 1.41. The van der Waals surface area contributed by atoms with Crippen LogP contribution in [0.2, 0.25) is 0 Å². The molecule has 1 aromatic rings. The van der Waals surface area contributed by atoms with Crippen LogP contribution < -0.4 is 5.32 Å². The minimum Gasteiger partial charge on any atom is -0.385 e. The van der Waals surface area contributed by atoms with E-state index < -0.39 is 16.4 Å². The summed E-state index contributed by atoms with van der Waals surface area (Å²) in [6.07, 6.45) is 1.69. The molecule has 0 radical (unpaired) electrons. The number of benzene rings is 1. The standard InChI is InChI=1S/C9H9FN2O2/c10-7-5-8-6(2-1-3-11-8)4-9(7)12(13)14/h4-5,11H,1-3H2. The first-order valence-corrected chi connectivity index (χ1v) is 4.39. The zero-order valence-electron chi connectivity index (χ0n) is 7.42. The van der Waals surface area contributed by atoms with E-state index in [4.69, 9.17) is 0 Å². The largest absolute Gasteiger partial charge is 0.385 e. The number of hydrogen-bond acceptors (Lipinski definition) is 3. The SMILES string of the molecule is O=[N+]([O-])c1cc2c(cc1F)NCCC2. The van der Waals surface area contributed by atoms with E-state index in [1.54, 1.807) is 0 Å². The Hall–Kier alpha value is -1.65. The molecule has 0 unspecified atom stereocenters. The number of hydrogen-bond donors (Lipinski definition) is 1. The highest BCUT2D eigenvalue weighted by atomic mass is 19.1. The Labute approximate surface area is 79.9 Å². The fourth-order valence-electron chi connectivity index (χ4n) is 1.62. The lowest BCUT2D eigenvalue weighted by Gasteiger charge is -2.17. The molecule has 0 amide bonds. The third-order valence-corrected chi connectivity index (χ3v) is 2.31. The Morgan fingerprint density at radius 3 is 3.00 bits per heavy atom. The van der Waals surface area contributed by atoms with Crippen LogP contribution >= 0.6 is 0 Å². The minimum absolute atomic E-state index is 0.438. The van der Waals surface area contributed by atoms with Gasteiger partial charge in [-0.15, -0.1) is 0 Å². The van der Waals surface area contributed by atoms with Crippen LogP contribution in [0.25, 0.3) is 0 Å². The van der Waals surface area contributed by atoms with Crippen molar-refractivity contribution >= 4 is 11.4 Å². The number of nitrogens with zero attached hydrogens (tertiary/aromatic N) is 1. The second-order valence-electron chi connectivity index (χ2n) is 3.25. The van der Waals surface area contributed by atoms with Crippen molar-refractivity contribution in [1.29, 1.82) is 0 Å². The molecule has 1 aliphatic heterocycles. The van der Waals surface area contributed by atoms with Gasteiger partial charge in [0.2, 0.25) is 5.82 Å². The highest BCUT2D eigenvalue weighted by Gasteiger charge is 2.19. The molecule has 0 bridgehead atoms. The van der Waals surface area contributed by atoms with Crippen molar-refractivity contribution < 1.29 is 9.31 Å². The van der Waals surface area contributed by atoms with Gasteiger partial charge in [0.25, 0.3) is 0 Å². The highest BCUT2D eigenvalue weighted by molar-refractivity contribution is 5.58. The average molecular weight is 196 g/mol. The van der Waals surface area contributed by atoms with Crippen LogP contribution in [-0.2, 0) is 6.42 Å². The van der Waals surface area contributed by atoms with Gasteiger partial charge in [-0.2, -0.15) is 4.39 Å². The van der Waals surface area contributed by atoms with E-state index in [1.165, 1.54) is 12.1 Å². The first-order valence-electron chi connectivity index (χ1n) is 4.39. The molecule has 0 spiro atoms. The quantitative estimate of drug-likeness (QED) is 0.552. The Bertz CT molecular complexity index is 393. The maximum atomic E-state index is 13.1. The summed E-state index contributed by atoms with van der Waals surface area (Å²) in [7, 11) is 0. The summed E-state index contributed by atoms with van der Waals surface area (Å²) < 4.78 is 13.1. The van der Waals surface area contributed by atoms with Crippen LogP contribution in [0.4, 0.5) is 15.8 Å². The molecular formula is C9H9FN2O2. The normalized spacial score (nSPS) is 14.4. The Morgan fingerprint density at radius 1 is 1.50 bits per heavy atom. The summed E-state index contributed by atoms with van der Waals surface area (Å²) in [5.74, 6) is -0.775. The van der Waals surface area contributed by atoms with Crippen molar-refractivity contribution in [3.8, 4) is 0 Å². The molecule has 14 heavy (non-hydrogen) atoms. The fourth-order valence-corrected chi connectivity index (χ4v) is 1.62. The second kappa shape index (κ2) is 3.25. The molecule has 4 nitrogen and oxygen atoms in total. The van der Waals surface area contributed by atoms with Crippen LogP contribution in [0.3, 0.4) is 0 Å². The topological polar surface area (TPSA) is 55.2 Å². The van der Waals surface area contributed by atoms with Gasteiger partial charge in [-0.25, -0.2) is 0 Å². The zero-order chi connectivity index (χ0) is 10.1. The smallest absolute Gasteiger partial charge is 0.305 e. The summed E-state index contributed by atoms with van der Waals surface area (Å²) in [6.45, 7) is 0.796. The lowest BCUT2D eigenvalue weighted by molar-refractivity contribution is -0.387. The lowest BCUT2D eigenvalue weighted by Crippen LogP contribution is -2.12. The first-order chi connectivity index (χ1) is 6.68. The van der Waals surface area contributed by atoms with Gasteiger partial charge >= 0.3 is 5.69 Å². The fraction of sp³-hybridized carbons (Fsp3) is 0.333. The molecule has 0 aliphatic carbocycles. The van der Waals surface area contributed by atoms with E-state index in [-0.39, 0.29) is 0 Å². The summed E-state index contributed by atoms with van der Waals surface area (Å²) in [5.41, 5.74) is 1.07. The van der Waals surface area contributed by atoms with E-state index in [1.807, 2.05) is 0 Å². The number of aryl methyl sites for hydroxylation is 1. The number of anilines is 1. The average Bonchev–Trinajstić information content (AvgIpc) is 2.16. The van der Waals surface area contributed by atoms with Gasteiger partial charge < -0.3 is 5.32 Å². The number of nitrogens with one attached hydrogen (secondary N) is 1. The number of rotatable bonds is 1. The summed E-state index contributed by atoms with van der Waals surface area (Å²) in [5, 5.41) is 13.5. The Balaban J connectivity index is 2.50. The maximum absolute atomic E-state index is 13.1. The highest BCUT2D eigenvalue weighted by Crippen LogP contribution is 2.28. The summed E-state index contributed by atoms with van der Waals surface area (Å²) >= 11 is 0. The van der Waals surface area contributed by atoms with Gasteiger partial charge in [-0.1, -0.05) is 0 Å². The molecule has 1 heterocycles. The van der Waals surface area contributed by atoms with Crippen molar-refractivity contribution in [2.45, 2.75) is 12.8 Å². The molecule has 2 rings (SSSR count). The molecule has 74 valence electrons. The molecule has 1 N–H and O–H groups in total. The van der Waals surface area contributed by atoms with Crippen molar-refractivity contribution in [2.75, 3.05) is 11.9 Å². The van der Waals surface area contributed by atoms with Gasteiger partial charge in [0.05, 0.1) is 4.92 Å². The molecule has 0 fully saturated rings. The van der Waals surface area contributed by atoms with Gasteiger partial charge in [-0.3, -0.25) is 10.1 Å². The van der Waals surface area contributed by atoms with E-state index in [0.29, 0.717) is 5.69 Å². The second-order valence-corrected chi connectivity index (χ2v) is 3.25. The van der Waals surface area contributed by atoms with Crippen LogP contribution in [0.5, 0.6) is 0 Å². The van der Waals surface area contributed by atoms with Crippen molar-refractivity contribution in [1.82, 2.24) is 0 Å². The lowest BCUT2D eigenvalue weighted by atomic mass is 10.0. The van der Waals surface area contributed by atoms with Gasteiger partial charge in [0.15, 0.2) is 0 Å². The van der Waals surface area contributed by atoms with Crippen molar-refractivity contribution in [3.63, 3.8) is 0 Å². The third-order valence-electron chi connectivity index (χ3n) is 2.31. The molecule has 5 heteroatoms. The molecule has 1 aliphatic rings. The number of halogens is 1. The van der Waals surface area contributed by atoms with Crippen LogP contribution in [0.1, 0.15) is 12.0 Å². The predicted molar refractivity (Wildman–Crippen MR) is 49.9 cm³/mol. The maximum Gasteiger partial charge on any atom is 0.305 e. The van der Waals surface area contributed by atoms with Gasteiger partial charge in [-0.05, 0) is 18.4 Å². The number of nitro groups is 1. The van der Waals surface area contributed by atoms with E-state index in [0.717, 1.165) is 24.9 Å². The zero-order valence-corrected chi connectivity index (χ0v) is 7.42. The summed E-state index contributed by atoms with van der Waals surface area (Å²) in [6, 6.07) is 2.52. The van der Waals surface area contributed by atoms with E-state index >= 15 is 0 Å². The van der Waals surface area contributed by atoms with Crippen molar-refractivity contribution in [3.05, 3.63) is 33.6 Å². The molecule has 0 atom stereocenters. The Morgan fingerprint density at radius 2 is 2.29 bits per heavy atom. The molecular weight excluding hydrogens is 187 g/mol. The van der Waals surface area contributed by atoms with Gasteiger partial charge in [0.1, 0.15) is 0 Å². The summed E-state index contributed by atoms with van der Waals surface area (Å²) in [4.78, 5) is 9.76. The van der Waals surface area contributed by atoms with Gasteiger partial charge in [0, 0.05) is 24.4 Å². The van der Waals surface area contributed by atoms with Crippen molar-refractivity contribution in [2.24, 2.45) is 0 Å². The monoisotopic (exact) mass is 196 g/mol. The van der Waals surface area contributed by atoms with E-state index in [9.17, 15) is 14.5 Å². The van der Waals surface area contributed by atoms with Crippen LogP contribution in [0.15, 0.2) is 12.1 Å². The number of fused-ring (bicyclic) bond motifs is 1. The number of nitro benzene ring substituents is 1. The molecule has 0 saturated heterocycles. The molecule has 0 aromatic heterocycles. The molecule has 1 aromatic carbocycles. The Kier molecular flexibility index (Phi) is 2.07. The molecule has 0 saturated carbocycles. The van der Waals surface area contributed by atoms with Crippen LogP contribution in [-0.4, -0.2) is 11.5 Å². The predicted octanol–water partition coefficient (Wildman–Crippen LogP) is 2.09.